The topological polar surface area (TPSA) is 23.8 Å². The molecule has 0 saturated heterocycles. The number of nitrogens with zero attached hydrogens (tertiary/aromatic N) is 1. The summed E-state index contributed by atoms with van der Waals surface area (Å²) in [6, 6.07) is 6.74. The molecule has 0 bridgehead atoms. The number of nitriles is 1. The van der Waals surface area contributed by atoms with Crippen molar-refractivity contribution in [3.8, 4) is 6.07 Å². The Labute approximate surface area is 88.3 Å². The first-order valence-corrected chi connectivity index (χ1v) is 4.95. The van der Waals surface area contributed by atoms with Crippen molar-refractivity contribution in [2.24, 2.45) is 0 Å². The van der Waals surface area contributed by atoms with Gasteiger partial charge >= 0.3 is 0 Å². The average Bonchev–Trinajstić information content (AvgIpc) is 2.25. The lowest BCUT2D eigenvalue weighted by Gasteiger charge is -2.08. The third-order valence-corrected chi connectivity index (χ3v) is 2.37. The van der Waals surface area contributed by atoms with E-state index in [0.29, 0.717) is 12.8 Å². The molecule has 0 N–H and O–H groups in total. The summed E-state index contributed by atoms with van der Waals surface area (Å²) in [5.74, 6) is 0. The van der Waals surface area contributed by atoms with Crippen molar-refractivity contribution in [3.63, 3.8) is 0 Å². The minimum Gasteiger partial charge on any atom is -0.205 e. The molecule has 0 unspecified atom stereocenters. The van der Waals surface area contributed by atoms with E-state index in [1.54, 1.807) is 6.07 Å². The van der Waals surface area contributed by atoms with Crippen LogP contribution in [0, 0.1) is 11.3 Å². The van der Waals surface area contributed by atoms with Gasteiger partial charge in [0, 0.05) is 12.0 Å². The van der Waals surface area contributed by atoms with E-state index >= 15 is 0 Å². The summed E-state index contributed by atoms with van der Waals surface area (Å²) in [5, 5.41) is 8.46. The summed E-state index contributed by atoms with van der Waals surface area (Å²) >= 11 is 0. The second-order valence-electron chi connectivity index (χ2n) is 3.34. The Morgan fingerprint density at radius 2 is 2.07 bits per heavy atom. The first kappa shape index (κ1) is 11.6. The maximum Gasteiger partial charge on any atom is 0.263 e. The number of hydrogen-bond acceptors (Lipinski definition) is 1. The van der Waals surface area contributed by atoms with Crippen LogP contribution < -0.4 is 0 Å². The Balaban J connectivity index is 2.94. The molecular weight excluding hydrogens is 196 g/mol. The Hall–Kier alpha value is -1.43. The Bertz CT molecular complexity index is 366. The van der Waals surface area contributed by atoms with E-state index in [4.69, 9.17) is 5.26 Å². The molecule has 0 aromatic heterocycles. The lowest BCUT2D eigenvalue weighted by Crippen LogP contribution is -1.95. The summed E-state index contributed by atoms with van der Waals surface area (Å²) in [4.78, 5) is 0. The van der Waals surface area contributed by atoms with Gasteiger partial charge in [0.1, 0.15) is 0 Å². The van der Waals surface area contributed by atoms with Gasteiger partial charge in [0.05, 0.1) is 6.07 Å². The molecule has 0 amide bonds. The molecular formula is C12H13F2N. The van der Waals surface area contributed by atoms with Crippen LogP contribution in [0.5, 0.6) is 0 Å². The van der Waals surface area contributed by atoms with Gasteiger partial charge in [0.15, 0.2) is 0 Å². The van der Waals surface area contributed by atoms with Crippen LogP contribution in [0.2, 0.25) is 0 Å². The molecule has 0 atom stereocenters. The van der Waals surface area contributed by atoms with Crippen molar-refractivity contribution < 1.29 is 8.78 Å². The number of hydrogen-bond donors (Lipinski definition) is 0. The van der Waals surface area contributed by atoms with Gasteiger partial charge in [0.25, 0.3) is 6.43 Å². The van der Waals surface area contributed by atoms with E-state index in [1.807, 2.05) is 6.92 Å². The zero-order valence-corrected chi connectivity index (χ0v) is 8.63. The van der Waals surface area contributed by atoms with E-state index in [1.165, 1.54) is 12.1 Å². The third kappa shape index (κ3) is 3.02. The van der Waals surface area contributed by atoms with Gasteiger partial charge in [-0.1, -0.05) is 19.1 Å². The molecule has 0 aliphatic rings. The quantitative estimate of drug-likeness (QED) is 0.742. The molecule has 15 heavy (non-hydrogen) atoms. The van der Waals surface area contributed by atoms with Crippen LogP contribution in [-0.2, 0) is 12.8 Å². The van der Waals surface area contributed by atoms with Crippen LogP contribution in [0.25, 0.3) is 0 Å². The van der Waals surface area contributed by atoms with Crippen molar-refractivity contribution in [1.29, 1.82) is 5.26 Å². The van der Waals surface area contributed by atoms with Gasteiger partial charge in [-0.2, -0.15) is 5.26 Å². The number of rotatable bonds is 4. The van der Waals surface area contributed by atoms with E-state index in [0.717, 1.165) is 17.5 Å². The highest BCUT2D eigenvalue weighted by molar-refractivity contribution is 5.33. The molecule has 3 heteroatoms. The van der Waals surface area contributed by atoms with Gasteiger partial charge < -0.3 is 0 Å². The monoisotopic (exact) mass is 209 g/mol. The van der Waals surface area contributed by atoms with Crippen LogP contribution in [0.4, 0.5) is 8.78 Å². The molecule has 0 radical (unpaired) electrons. The molecule has 0 heterocycles. The maximum atomic E-state index is 12.4. The maximum absolute atomic E-state index is 12.4. The largest absolute Gasteiger partial charge is 0.263 e. The standard InChI is InChI=1S/C12H13F2N/c1-2-9-8-11(12(13)14)6-5-10(9)4-3-7-15/h5-6,8,12H,2-4H2,1H3. The smallest absolute Gasteiger partial charge is 0.205 e. The summed E-state index contributed by atoms with van der Waals surface area (Å²) in [5.41, 5.74) is 1.99. The molecule has 1 nitrogen and oxygen atoms in total. The minimum atomic E-state index is -2.42. The first-order valence-electron chi connectivity index (χ1n) is 4.95. The molecule has 0 spiro atoms. The highest BCUT2D eigenvalue weighted by Gasteiger charge is 2.09. The number of benzene rings is 1. The van der Waals surface area contributed by atoms with E-state index in [9.17, 15) is 8.78 Å². The molecule has 0 aliphatic carbocycles. The van der Waals surface area contributed by atoms with Gasteiger partial charge in [0.2, 0.25) is 0 Å². The van der Waals surface area contributed by atoms with Crippen LogP contribution in [0.3, 0.4) is 0 Å². The summed E-state index contributed by atoms with van der Waals surface area (Å²) in [6.45, 7) is 1.93. The van der Waals surface area contributed by atoms with Gasteiger partial charge in [-0.25, -0.2) is 8.78 Å². The zero-order valence-electron chi connectivity index (χ0n) is 8.63. The number of aryl methyl sites for hydroxylation is 2. The molecule has 1 rings (SSSR count). The molecule has 80 valence electrons. The molecule has 0 aliphatic heterocycles. The Morgan fingerprint density at radius 1 is 1.33 bits per heavy atom. The van der Waals surface area contributed by atoms with Crippen molar-refractivity contribution in [3.05, 3.63) is 34.9 Å². The molecule has 0 fully saturated rings. The second-order valence-corrected chi connectivity index (χ2v) is 3.34. The minimum absolute atomic E-state index is 0.0626. The number of alkyl halides is 2. The highest BCUT2D eigenvalue weighted by atomic mass is 19.3. The Morgan fingerprint density at radius 3 is 2.60 bits per heavy atom. The average molecular weight is 209 g/mol. The van der Waals surface area contributed by atoms with Crippen molar-refractivity contribution in [2.75, 3.05) is 0 Å². The van der Waals surface area contributed by atoms with Crippen LogP contribution in [0.1, 0.15) is 36.5 Å². The Kier molecular flexibility index (Phi) is 4.23. The van der Waals surface area contributed by atoms with Gasteiger partial charge in [-0.3, -0.25) is 0 Å². The van der Waals surface area contributed by atoms with E-state index < -0.39 is 6.43 Å². The fourth-order valence-corrected chi connectivity index (χ4v) is 1.55. The summed E-state index contributed by atoms with van der Waals surface area (Å²) in [7, 11) is 0. The first-order chi connectivity index (χ1) is 7.19. The van der Waals surface area contributed by atoms with Gasteiger partial charge in [-0.15, -0.1) is 0 Å². The number of halogens is 2. The predicted molar refractivity (Wildman–Crippen MR) is 54.7 cm³/mol. The lowest BCUT2D eigenvalue weighted by molar-refractivity contribution is 0.151. The normalized spacial score (nSPS) is 10.3. The van der Waals surface area contributed by atoms with Crippen molar-refractivity contribution in [2.45, 2.75) is 32.6 Å². The zero-order chi connectivity index (χ0) is 11.3. The highest BCUT2D eigenvalue weighted by Crippen LogP contribution is 2.22. The molecule has 0 saturated carbocycles. The predicted octanol–water partition coefficient (Wildman–Crippen LogP) is 3.64. The molecule has 1 aromatic carbocycles. The second kappa shape index (κ2) is 5.45. The fourth-order valence-electron chi connectivity index (χ4n) is 1.55. The van der Waals surface area contributed by atoms with Crippen LogP contribution in [0.15, 0.2) is 18.2 Å². The van der Waals surface area contributed by atoms with Crippen LogP contribution >= 0.6 is 0 Å². The van der Waals surface area contributed by atoms with E-state index in [2.05, 4.69) is 6.07 Å². The third-order valence-electron chi connectivity index (χ3n) is 2.37. The van der Waals surface area contributed by atoms with Crippen LogP contribution in [-0.4, -0.2) is 0 Å². The van der Waals surface area contributed by atoms with E-state index in [-0.39, 0.29) is 5.56 Å². The van der Waals surface area contributed by atoms with Crippen molar-refractivity contribution in [1.82, 2.24) is 0 Å². The summed E-state index contributed by atoms with van der Waals surface area (Å²) in [6.07, 6.45) is -0.619. The van der Waals surface area contributed by atoms with Crippen molar-refractivity contribution >= 4 is 0 Å². The summed E-state index contributed by atoms with van der Waals surface area (Å²) < 4.78 is 24.8. The molecule has 1 aromatic rings. The lowest BCUT2D eigenvalue weighted by atomic mass is 9.99. The van der Waals surface area contributed by atoms with Gasteiger partial charge in [-0.05, 0) is 30.0 Å². The fraction of sp³-hybridized carbons (Fsp3) is 0.417. The SMILES string of the molecule is CCc1cc(C(F)F)ccc1CCC#N.